The molecule has 1 unspecified atom stereocenters. The monoisotopic (exact) mass is 234 g/mol. The van der Waals surface area contributed by atoms with Gasteiger partial charge in [-0.05, 0) is 31.2 Å². The molecular formula is C13H18N2O2. The summed E-state index contributed by atoms with van der Waals surface area (Å²) in [5, 5.41) is 5.98. The van der Waals surface area contributed by atoms with Crippen molar-refractivity contribution in [3.63, 3.8) is 0 Å². The van der Waals surface area contributed by atoms with Gasteiger partial charge >= 0.3 is 0 Å². The first-order valence-corrected chi connectivity index (χ1v) is 5.93. The zero-order chi connectivity index (χ0) is 12.1. The van der Waals surface area contributed by atoms with Crippen molar-refractivity contribution in [2.45, 2.75) is 25.4 Å². The van der Waals surface area contributed by atoms with Gasteiger partial charge in [-0.25, -0.2) is 0 Å². The van der Waals surface area contributed by atoms with E-state index in [0.29, 0.717) is 13.0 Å². The van der Waals surface area contributed by atoms with Gasteiger partial charge in [0.25, 0.3) is 0 Å². The van der Waals surface area contributed by atoms with Gasteiger partial charge in [-0.3, -0.25) is 4.79 Å². The Bertz CT molecular complexity index is 376. The molecule has 4 heteroatoms. The van der Waals surface area contributed by atoms with Crippen LogP contribution < -0.4 is 15.4 Å². The number of hydrogen-bond donors (Lipinski definition) is 2. The van der Waals surface area contributed by atoms with Gasteiger partial charge in [-0.1, -0.05) is 12.1 Å². The number of amides is 1. The van der Waals surface area contributed by atoms with Gasteiger partial charge in [-0.2, -0.15) is 0 Å². The summed E-state index contributed by atoms with van der Waals surface area (Å²) in [4.78, 5) is 11.0. The van der Waals surface area contributed by atoms with Gasteiger partial charge in [0.2, 0.25) is 5.91 Å². The molecule has 1 fully saturated rings. The highest BCUT2D eigenvalue weighted by Crippen LogP contribution is 2.14. The first kappa shape index (κ1) is 11.9. The van der Waals surface area contributed by atoms with Crippen molar-refractivity contribution in [1.82, 2.24) is 10.6 Å². The Kier molecular flexibility index (Phi) is 3.98. The Hall–Kier alpha value is -1.55. The Labute approximate surface area is 101 Å². The third-order valence-corrected chi connectivity index (χ3v) is 2.84. The summed E-state index contributed by atoms with van der Waals surface area (Å²) < 4.78 is 5.64. The van der Waals surface area contributed by atoms with Crippen LogP contribution in [0.25, 0.3) is 0 Å². The molecule has 1 aromatic carbocycles. The molecule has 1 amide bonds. The molecule has 0 bridgehead atoms. The van der Waals surface area contributed by atoms with E-state index in [1.165, 1.54) is 5.56 Å². The summed E-state index contributed by atoms with van der Waals surface area (Å²) in [7, 11) is 1.92. The summed E-state index contributed by atoms with van der Waals surface area (Å²) in [6, 6.07) is 8.17. The minimum atomic E-state index is 0.128. The summed E-state index contributed by atoms with van der Waals surface area (Å²) in [5.74, 6) is 0.981. The van der Waals surface area contributed by atoms with Crippen LogP contribution >= 0.6 is 0 Å². The lowest BCUT2D eigenvalue weighted by molar-refractivity contribution is -0.119. The minimum Gasteiger partial charge on any atom is -0.491 e. The van der Waals surface area contributed by atoms with Crippen LogP contribution in [0.15, 0.2) is 24.3 Å². The summed E-state index contributed by atoms with van der Waals surface area (Å²) in [6.45, 7) is 1.41. The predicted octanol–water partition coefficient (Wildman–Crippen LogP) is 1.06. The van der Waals surface area contributed by atoms with Crippen molar-refractivity contribution in [2.24, 2.45) is 0 Å². The van der Waals surface area contributed by atoms with E-state index in [1.807, 2.05) is 31.3 Å². The fourth-order valence-electron chi connectivity index (χ4n) is 1.91. The van der Waals surface area contributed by atoms with E-state index in [4.69, 9.17) is 4.74 Å². The summed E-state index contributed by atoms with van der Waals surface area (Å²) in [5.41, 5.74) is 1.23. The molecule has 0 radical (unpaired) electrons. The van der Waals surface area contributed by atoms with Crippen molar-refractivity contribution >= 4 is 5.91 Å². The lowest BCUT2D eigenvalue weighted by Crippen LogP contribution is -2.30. The molecule has 2 N–H and O–H groups in total. The molecular weight excluding hydrogens is 216 g/mol. The van der Waals surface area contributed by atoms with Gasteiger partial charge in [0, 0.05) is 13.0 Å². The molecule has 0 saturated carbocycles. The van der Waals surface area contributed by atoms with Gasteiger partial charge in [0.05, 0.1) is 6.04 Å². The van der Waals surface area contributed by atoms with Crippen LogP contribution in [0.1, 0.15) is 18.4 Å². The zero-order valence-electron chi connectivity index (χ0n) is 10.0. The van der Waals surface area contributed by atoms with E-state index in [-0.39, 0.29) is 11.9 Å². The van der Waals surface area contributed by atoms with Crippen molar-refractivity contribution < 1.29 is 9.53 Å². The third-order valence-electron chi connectivity index (χ3n) is 2.84. The number of ether oxygens (including phenoxy) is 1. The van der Waals surface area contributed by atoms with E-state index >= 15 is 0 Å². The number of nitrogens with one attached hydrogen (secondary N) is 2. The summed E-state index contributed by atoms with van der Waals surface area (Å²) >= 11 is 0. The number of carbonyl (C=O) groups excluding carboxylic acids is 1. The third kappa shape index (κ3) is 3.46. The SMILES string of the molecule is CNCc1ccc(OCC2CCC(=O)N2)cc1. The fourth-order valence-corrected chi connectivity index (χ4v) is 1.91. The van der Waals surface area contributed by atoms with E-state index in [9.17, 15) is 4.79 Å². The molecule has 0 aliphatic carbocycles. The molecule has 1 heterocycles. The van der Waals surface area contributed by atoms with Crippen LogP contribution in [0.5, 0.6) is 5.75 Å². The molecule has 0 spiro atoms. The second-order valence-corrected chi connectivity index (χ2v) is 4.29. The Balaban J connectivity index is 1.80. The van der Waals surface area contributed by atoms with Crippen molar-refractivity contribution in [3.05, 3.63) is 29.8 Å². The molecule has 0 aromatic heterocycles. The smallest absolute Gasteiger partial charge is 0.220 e. The first-order valence-electron chi connectivity index (χ1n) is 5.93. The standard InChI is InChI=1S/C13H18N2O2/c1-14-8-10-2-5-12(6-3-10)17-9-11-4-7-13(16)15-11/h2-3,5-6,11,14H,4,7-9H2,1H3,(H,15,16). The molecule has 1 aromatic rings. The van der Waals surface area contributed by atoms with Crippen molar-refractivity contribution in [2.75, 3.05) is 13.7 Å². The quantitative estimate of drug-likeness (QED) is 0.801. The Morgan fingerprint density at radius 2 is 2.18 bits per heavy atom. The van der Waals surface area contributed by atoms with Gasteiger partial charge in [0.1, 0.15) is 12.4 Å². The maximum Gasteiger partial charge on any atom is 0.220 e. The zero-order valence-corrected chi connectivity index (χ0v) is 10.0. The van der Waals surface area contributed by atoms with Crippen molar-refractivity contribution in [1.29, 1.82) is 0 Å². The van der Waals surface area contributed by atoms with Crippen LogP contribution in [0.3, 0.4) is 0 Å². The highest BCUT2D eigenvalue weighted by molar-refractivity contribution is 5.78. The van der Waals surface area contributed by atoms with Crippen LogP contribution in [-0.4, -0.2) is 25.6 Å². The molecule has 2 rings (SSSR count). The molecule has 1 aliphatic heterocycles. The average Bonchev–Trinajstić information content (AvgIpc) is 2.75. The van der Waals surface area contributed by atoms with Gasteiger partial charge < -0.3 is 15.4 Å². The minimum absolute atomic E-state index is 0.128. The lowest BCUT2D eigenvalue weighted by atomic mass is 10.2. The van der Waals surface area contributed by atoms with E-state index in [0.717, 1.165) is 18.7 Å². The number of benzene rings is 1. The van der Waals surface area contributed by atoms with Gasteiger partial charge in [-0.15, -0.1) is 0 Å². The lowest BCUT2D eigenvalue weighted by Gasteiger charge is -2.12. The second kappa shape index (κ2) is 5.68. The van der Waals surface area contributed by atoms with Crippen LogP contribution in [0.4, 0.5) is 0 Å². The number of hydrogen-bond acceptors (Lipinski definition) is 3. The van der Waals surface area contributed by atoms with Crippen LogP contribution in [0.2, 0.25) is 0 Å². The molecule has 92 valence electrons. The second-order valence-electron chi connectivity index (χ2n) is 4.29. The predicted molar refractivity (Wildman–Crippen MR) is 65.9 cm³/mol. The van der Waals surface area contributed by atoms with E-state index < -0.39 is 0 Å². The average molecular weight is 234 g/mol. The Morgan fingerprint density at radius 1 is 1.41 bits per heavy atom. The highest BCUT2D eigenvalue weighted by Gasteiger charge is 2.20. The van der Waals surface area contributed by atoms with Crippen molar-refractivity contribution in [3.8, 4) is 5.75 Å². The summed E-state index contributed by atoms with van der Waals surface area (Å²) in [6.07, 6.45) is 1.49. The normalized spacial score (nSPS) is 19.1. The van der Waals surface area contributed by atoms with Gasteiger partial charge in [0.15, 0.2) is 0 Å². The first-order chi connectivity index (χ1) is 8.28. The highest BCUT2D eigenvalue weighted by atomic mass is 16.5. The number of carbonyl (C=O) groups is 1. The maximum atomic E-state index is 11.0. The topological polar surface area (TPSA) is 50.4 Å². The number of rotatable bonds is 5. The molecule has 1 aliphatic rings. The molecule has 1 atom stereocenters. The fraction of sp³-hybridized carbons (Fsp3) is 0.462. The maximum absolute atomic E-state index is 11.0. The molecule has 1 saturated heterocycles. The Morgan fingerprint density at radius 3 is 2.76 bits per heavy atom. The van der Waals surface area contributed by atoms with Crippen LogP contribution in [-0.2, 0) is 11.3 Å². The van der Waals surface area contributed by atoms with E-state index in [1.54, 1.807) is 0 Å². The van der Waals surface area contributed by atoms with Crippen LogP contribution in [0, 0.1) is 0 Å². The van der Waals surface area contributed by atoms with E-state index in [2.05, 4.69) is 10.6 Å². The molecule has 4 nitrogen and oxygen atoms in total. The largest absolute Gasteiger partial charge is 0.491 e. The molecule has 17 heavy (non-hydrogen) atoms.